The van der Waals surface area contributed by atoms with Crippen molar-refractivity contribution < 1.29 is 14.1 Å². The van der Waals surface area contributed by atoms with Crippen LogP contribution in [0.3, 0.4) is 0 Å². The van der Waals surface area contributed by atoms with Crippen LogP contribution < -0.4 is 5.73 Å². The van der Waals surface area contributed by atoms with Crippen molar-refractivity contribution in [1.82, 2.24) is 0 Å². The Kier molecular flexibility index (Phi) is 2.99. The fraction of sp³-hybridized carbons (Fsp3) is 0.125. The number of amides is 1. The van der Waals surface area contributed by atoms with Gasteiger partial charge in [0.1, 0.15) is 7.05 Å². The predicted octanol–water partition coefficient (Wildman–Crippen LogP) is 1.45. The van der Waals surface area contributed by atoms with Gasteiger partial charge in [-0.25, -0.2) is 4.79 Å². The molecule has 2 N–H and O–H groups in total. The summed E-state index contributed by atoms with van der Waals surface area (Å²) >= 11 is 0. The second-order valence-corrected chi connectivity index (χ2v) is 4.75. The van der Waals surface area contributed by atoms with Gasteiger partial charge < -0.3 is 10.5 Å². The molecule has 20 heavy (non-hydrogen) atoms. The van der Waals surface area contributed by atoms with Gasteiger partial charge in [-0.05, 0) is 23.8 Å². The van der Waals surface area contributed by atoms with Crippen molar-refractivity contribution in [3.8, 4) is 0 Å². The Morgan fingerprint density at radius 1 is 1.25 bits per heavy atom. The molecule has 0 saturated carbocycles. The number of hydrogen-bond acceptors (Lipinski definition) is 3. The third kappa shape index (κ3) is 2.16. The van der Waals surface area contributed by atoms with E-state index in [-0.39, 0.29) is 12.0 Å². The van der Waals surface area contributed by atoms with Gasteiger partial charge in [-0.1, -0.05) is 30.3 Å². The summed E-state index contributed by atoms with van der Waals surface area (Å²) in [5.41, 5.74) is 8.14. The normalized spacial score (nSPS) is 23.4. The maximum atomic E-state index is 12.3. The summed E-state index contributed by atoms with van der Waals surface area (Å²) in [5, 5.41) is 0. The van der Waals surface area contributed by atoms with Crippen LogP contribution in [0, 0.1) is 0 Å². The van der Waals surface area contributed by atoms with E-state index in [1.807, 2.05) is 36.4 Å². The van der Waals surface area contributed by atoms with Crippen LogP contribution in [0.15, 0.2) is 60.0 Å². The number of hydrogen-bond donors (Lipinski definition) is 1. The maximum absolute atomic E-state index is 12.3. The molecule has 0 bridgehead atoms. The highest BCUT2D eigenvalue weighted by Crippen LogP contribution is 2.20. The van der Waals surface area contributed by atoms with Crippen molar-refractivity contribution in [2.75, 3.05) is 7.05 Å². The average molecular weight is 267 g/mol. The molecule has 1 atom stereocenters. The van der Waals surface area contributed by atoms with E-state index in [4.69, 9.17) is 10.5 Å². The quantitative estimate of drug-likeness (QED) is 0.619. The van der Waals surface area contributed by atoms with E-state index in [2.05, 4.69) is 0 Å². The zero-order valence-electron chi connectivity index (χ0n) is 11.1. The van der Waals surface area contributed by atoms with Gasteiger partial charge in [0.2, 0.25) is 17.6 Å². The molecule has 0 fully saturated rings. The number of benzene rings is 1. The molecule has 1 aliphatic carbocycles. The highest BCUT2D eigenvalue weighted by Gasteiger charge is 2.37. The number of fused-ring (bicyclic) bond motifs is 1. The minimum atomic E-state index is -0.308. The van der Waals surface area contributed by atoms with Crippen molar-refractivity contribution in [2.24, 2.45) is 5.73 Å². The fourth-order valence-corrected chi connectivity index (χ4v) is 2.26. The van der Waals surface area contributed by atoms with E-state index < -0.39 is 0 Å². The van der Waals surface area contributed by atoms with Crippen LogP contribution in [0.25, 0.3) is 6.08 Å². The number of rotatable bonds is 1. The molecular weight excluding hydrogens is 252 g/mol. The third-order valence-electron chi connectivity index (χ3n) is 3.34. The standard InChI is InChI=1S/C16H15N2O2/c1-18-13-8-7-12(17)10-14(13)20-15(16(18)19)9-11-5-3-2-4-6-11/h2-10,14H,17H2,1H3/q+1/b15-9+. The lowest BCUT2D eigenvalue weighted by molar-refractivity contribution is -0.424. The largest absolute Gasteiger partial charge is 0.465 e. The third-order valence-corrected chi connectivity index (χ3v) is 3.34. The first-order chi connectivity index (χ1) is 9.65. The molecule has 1 heterocycles. The van der Waals surface area contributed by atoms with Gasteiger partial charge in [-0.2, -0.15) is 4.58 Å². The van der Waals surface area contributed by atoms with E-state index in [0.717, 1.165) is 11.3 Å². The minimum absolute atomic E-state index is 0.154. The molecule has 4 nitrogen and oxygen atoms in total. The molecule has 4 heteroatoms. The number of nitrogens with two attached hydrogens (primary N) is 1. The first-order valence-corrected chi connectivity index (χ1v) is 6.39. The maximum Gasteiger partial charge on any atom is 0.454 e. The first kappa shape index (κ1) is 12.4. The molecule has 1 aliphatic heterocycles. The summed E-state index contributed by atoms with van der Waals surface area (Å²) in [5.74, 6) is 0.172. The summed E-state index contributed by atoms with van der Waals surface area (Å²) < 4.78 is 7.37. The Morgan fingerprint density at radius 3 is 2.75 bits per heavy atom. The Balaban J connectivity index is 2.01. The zero-order valence-corrected chi connectivity index (χ0v) is 11.1. The van der Waals surface area contributed by atoms with Crippen LogP contribution in [0.5, 0.6) is 0 Å². The molecule has 100 valence electrons. The van der Waals surface area contributed by atoms with E-state index in [0.29, 0.717) is 11.5 Å². The molecule has 3 rings (SSSR count). The van der Waals surface area contributed by atoms with Gasteiger partial charge in [0.25, 0.3) is 0 Å². The van der Waals surface area contributed by atoms with Crippen molar-refractivity contribution in [3.63, 3.8) is 0 Å². The molecule has 1 aromatic carbocycles. The zero-order chi connectivity index (χ0) is 14.1. The van der Waals surface area contributed by atoms with Crippen LogP contribution in [0.1, 0.15) is 5.56 Å². The smallest absolute Gasteiger partial charge is 0.454 e. The number of carbonyl (C=O) groups excluding carboxylic acids is 1. The van der Waals surface area contributed by atoms with Gasteiger partial charge in [0.15, 0.2) is 0 Å². The molecule has 0 spiro atoms. The molecule has 0 radical (unpaired) electrons. The fourth-order valence-electron chi connectivity index (χ4n) is 2.26. The van der Waals surface area contributed by atoms with Gasteiger partial charge >= 0.3 is 5.91 Å². The lowest BCUT2D eigenvalue weighted by Crippen LogP contribution is -2.41. The Hall–Kier alpha value is -2.62. The minimum Gasteiger partial charge on any atom is -0.465 e. The van der Waals surface area contributed by atoms with Gasteiger partial charge in [0.05, 0.1) is 0 Å². The molecule has 0 saturated heterocycles. The monoisotopic (exact) mass is 267 g/mol. The second kappa shape index (κ2) is 4.81. The molecule has 1 aromatic rings. The van der Waals surface area contributed by atoms with Crippen molar-refractivity contribution >= 4 is 17.7 Å². The Bertz CT molecular complexity index is 682. The molecule has 2 aliphatic rings. The van der Waals surface area contributed by atoms with E-state index >= 15 is 0 Å². The van der Waals surface area contributed by atoms with Crippen molar-refractivity contribution in [1.29, 1.82) is 0 Å². The summed E-state index contributed by atoms with van der Waals surface area (Å²) in [6, 6.07) is 9.62. The molecule has 0 aromatic heterocycles. The highest BCUT2D eigenvalue weighted by molar-refractivity contribution is 6.05. The Labute approximate surface area is 117 Å². The first-order valence-electron chi connectivity index (χ1n) is 6.39. The van der Waals surface area contributed by atoms with Gasteiger partial charge in [0, 0.05) is 11.8 Å². The van der Waals surface area contributed by atoms with Gasteiger partial charge in [-0.15, -0.1) is 0 Å². The van der Waals surface area contributed by atoms with E-state index in [1.54, 1.807) is 29.9 Å². The average Bonchev–Trinajstić information content (AvgIpc) is 2.45. The van der Waals surface area contributed by atoms with Crippen LogP contribution in [-0.2, 0) is 9.53 Å². The summed E-state index contributed by atoms with van der Waals surface area (Å²) in [4.78, 5) is 12.3. The Morgan fingerprint density at radius 2 is 2.00 bits per heavy atom. The lowest BCUT2D eigenvalue weighted by Gasteiger charge is -2.22. The number of likely N-dealkylation sites (N-methyl/N-ethyl adjacent to an activating group) is 1. The van der Waals surface area contributed by atoms with Crippen LogP contribution >= 0.6 is 0 Å². The SMILES string of the molecule is C[N+]1=C2C=CC(N)=CC2O/C(=C/c2ccccc2)C1=O. The van der Waals surface area contributed by atoms with Crippen LogP contribution in [-0.4, -0.2) is 29.3 Å². The molecule has 1 unspecified atom stereocenters. The summed E-state index contributed by atoms with van der Waals surface area (Å²) in [6.07, 6.45) is 6.83. The highest BCUT2D eigenvalue weighted by atomic mass is 16.5. The number of nitrogens with zero attached hydrogens (tertiary/aromatic N) is 1. The topological polar surface area (TPSA) is 55.3 Å². The van der Waals surface area contributed by atoms with Crippen molar-refractivity contribution in [3.05, 3.63) is 65.6 Å². The van der Waals surface area contributed by atoms with Crippen LogP contribution in [0.2, 0.25) is 0 Å². The molecule has 1 amide bonds. The molecular formula is C16H15N2O2+. The van der Waals surface area contributed by atoms with Gasteiger partial charge in [-0.3, -0.25) is 0 Å². The van der Waals surface area contributed by atoms with E-state index in [1.165, 1.54) is 0 Å². The number of ether oxygens (including phenoxy) is 1. The number of carbonyl (C=O) groups is 1. The summed E-state index contributed by atoms with van der Waals surface area (Å²) in [7, 11) is 1.74. The second-order valence-electron chi connectivity index (χ2n) is 4.75. The van der Waals surface area contributed by atoms with Crippen molar-refractivity contribution in [2.45, 2.75) is 6.10 Å². The van der Waals surface area contributed by atoms with E-state index in [9.17, 15) is 4.79 Å². The summed E-state index contributed by atoms with van der Waals surface area (Å²) in [6.45, 7) is 0. The number of allylic oxidation sites excluding steroid dienone is 1. The lowest BCUT2D eigenvalue weighted by atomic mass is 10.0. The van der Waals surface area contributed by atoms with Crippen LogP contribution in [0.4, 0.5) is 0 Å². The predicted molar refractivity (Wildman–Crippen MR) is 76.9 cm³/mol.